The summed E-state index contributed by atoms with van der Waals surface area (Å²) in [4.78, 5) is 23.1. The maximum atomic E-state index is 11.7. The number of benzene rings is 1. The lowest BCUT2D eigenvalue weighted by molar-refractivity contribution is -0.120. The van der Waals surface area contributed by atoms with Crippen LogP contribution in [0.25, 0.3) is 0 Å². The number of hydrogen-bond acceptors (Lipinski definition) is 3. The minimum absolute atomic E-state index is 0.0259. The fourth-order valence-electron chi connectivity index (χ4n) is 1.37. The number of carbonyl (C=O) groups excluding carboxylic acids is 2. The van der Waals surface area contributed by atoms with Crippen LogP contribution in [0.5, 0.6) is 0 Å². The van der Waals surface area contributed by atoms with Crippen molar-refractivity contribution in [3.8, 4) is 0 Å². The minimum Gasteiger partial charge on any atom is -0.385 e. The standard InChI is InChI=1S/C13H17BrN2O3/c1-19-8-2-7-15-12(17)9-16-13(18)10-3-5-11(14)6-4-10/h3-6H,2,7-9H2,1H3,(H,15,17)(H,16,18). The van der Waals surface area contributed by atoms with E-state index in [0.29, 0.717) is 18.7 Å². The maximum Gasteiger partial charge on any atom is 0.251 e. The van der Waals surface area contributed by atoms with Gasteiger partial charge in [-0.15, -0.1) is 0 Å². The van der Waals surface area contributed by atoms with Gasteiger partial charge in [0.25, 0.3) is 5.91 Å². The number of nitrogens with one attached hydrogen (secondary N) is 2. The van der Waals surface area contributed by atoms with E-state index in [0.717, 1.165) is 10.9 Å². The average Bonchev–Trinajstić information content (AvgIpc) is 2.42. The Hall–Kier alpha value is -1.40. The zero-order valence-electron chi connectivity index (χ0n) is 10.7. The number of methoxy groups -OCH3 is 1. The number of hydrogen-bond donors (Lipinski definition) is 2. The molecule has 0 bridgehead atoms. The molecule has 0 fully saturated rings. The summed E-state index contributed by atoms with van der Waals surface area (Å²) in [5.74, 6) is -0.471. The lowest BCUT2D eigenvalue weighted by Gasteiger charge is -2.06. The van der Waals surface area contributed by atoms with Crippen molar-refractivity contribution in [1.82, 2.24) is 10.6 Å². The SMILES string of the molecule is COCCCNC(=O)CNC(=O)c1ccc(Br)cc1. The van der Waals surface area contributed by atoms with Crippen LogP contribution in [0.15, 0.2) is 28.7 Å². The molecule has 0 atom stereocenters. The summed E-state index contributed by atoms with van der Waals surface area (Å²) in [6, 6.07) is 6.94. The Balaban J connectivity index is 2.26. The van der Waals surface area contributed by atoms with Crippen LogP contribution in [0.1, 0.15) is 16.8 Å². The lowest BCUT2D eigenvalue weighted by atomic mass is 10.2. The predicted molar refractivity (Wildman–Crippen MR) is 76.0 cm³/mol. The zero-order valence-corrected chi connectivity index (χ0v) is 12.3. The predicted octanol–water partition coefficient (Wildman–Crippen LogP) is 1.33. The summed E-state index contributed by atoms with van der Waals surface area (Å²) in [5, 5.41) is 5.25. The van der Waals surface area contributed by atoms with Crippen LogP contribution in [0.4, 0.5) is 0 Å². The summed E-state index contributed by atoms with van der Waals surface area (Å²) < 4.78 is 5.77. The topological polar surface area (TPSA) is 67.4 Å². The Morgan fingerprint density at radius 2 is 1.89 bits per heavy atom. The van der Waals surface area contributed by atoms with E-state index in [-0.39, 0.29) is 18.4 Å². The van der Waals surface area contributed by atoms with Gasteiger partial charge in [0.2, 0.25) is 5.91 Å². The second-order valence-corrected chi connectivity index (χ2v) is 4.80. The highest BCUT2D eigenvalue weighted by molar-refractivity contribution is 9.10. The molecular formula is C13H17BrN2O3. The molecule has 0 saturated heterocycles. The van der Waals surface area contributed by atoms with Crippen molar-refractivity contribution >= 4 is 27.7 Å². The Labute approximate surface area is 120 Å². The largest absolute Gasteiger partial charge is 0.385 e. The normalized spacial score (nSPS) is 10.0. The number of amides is 2. The number of carbonyl (C=O) groups is 2. The maximum absolute atomic E-state index is 11.7. The molecule has 104 valence electrons. The van der Waals surface area contributed by atoms with Gasteiger partial charge in [0.05, 0.1) is 6.54 Å². The monoisotopic (exact) mass is 328 g/mol. The van der Waals surface area contributed by atoms with E-state index in [1.807, 2.05) is 0 Å². The molecule has 1 rings (SSSR count). The number of ether oxygens (including phenoxy) is 1. The molecule has 0 saturated carbocycles. The van der Waals surface area contributed by atoms with Crippen LogP contribution in [0.2, 0.25) is 0 Å². The third-order valence-corrected chi connectivity index (χ3v) is 2.89. The summed E-state index contributed by atoms with van der Waals surface area (Å²) in [6.45, 7) is 1.12. The summed E-state index contributed by atoms with van der Waals surface area (Å²) in [7, 11) is 1.61. The molecule has 0 spiro atoms. The molecular weight excluding hydrogens is 312 g/mol. The van der Waals surface area contributed by atoms with Gasteiger partial charge in [-0.25, -0.2) is 0 Å². The van der Waals surface area contributed by atoms with Crippen molar-refractivity contribution in [2.75, 3.05) is 26.8 Å². The van der Waals surface area contributed by atoms with E-state index >= 15 is 0 Å². The third-order valence-electron chi connectivity index (χ3n) is 2.36. The second-order valence-electron chi connectivity index (χ2n) is 3.89. The molecule has 5 nitrogen and oxygen atoms in total. The zero-order chi connectivity index (χ0) is 14.1. The fourth-order valence-corrected chi connectivity index (χ4v) is 1.64. The van der Waals surface area contributed by atoms with Gasteiger partial charge in [-0.1, -0.05) is 15.9 Å². The summed E-state index contributed by atoms with van der Waals surface area (Å²) in [6.07, 6.45) is 0.753. The van der Waals surface area contributed by atoms with Gasteiger partial charge in [0, 0.05) is 30.3 Å². The molecule has 0 radical (unpaired) electrons. The Morgan fingerprint density at radius 1 is 1.21 bits per heavy atom. The Kier molecular flexibility index (Phi) is 7.14. The van der Waals surface area contributed by atoms with Crippen molar-refractivity contribution < 1.29 is 14.3 Å². The van der Waals surface area contributed by atoms with Crippen LogP contribution in [0.3, 0.4) is 0 Å². The molecule has 0 aromatic heterocycles. The van der Waals surface area contributed by atoms with Crippen molar-refractivity contribution in [3.63, 3.8) is 0 Å². The van der Waals surface area contributed by atoms with Crippen molar-refractivity contribution in [2.24, 2.45) is 0 Å². The van der Waals surface area contributed by atoms with Gasteiger partial charge in [0.15, 0.2) is 0 Å². The second kappa shape index (κ2) is 8.66. The van der Waals surface area contributed by atoms with Crippen LogP contribution in [0, 0.1) is 0 Å². The van der Waals surface area contributed by atoms with Crippen molar-refractivity contribution in [1.29, 1.82) is 0 Å². The van der Waals surface area contributed by atoms with Gasteiger partial charge in [-0.2, -0.15) is 0 Å². The molecule has 0 aliphatic rings. The molecule has 0 heterocycles. The van der Waals surface area contributed by atoms with Gasteiger partial charge >= 0.3 is 0 Å². The first-order valence-electron chi connectivity index (χ1n) is 5.93. The highest BCUT2D eigenvalue weighted by Crippen LogP contribution is 2.10. The average molecular weight is 329 g/mol. The smallest absolute Gasteiger partial charge is 0.251 e. The third kappa shape index (κ3) is 6.35. The summed E-state index contributed by atoms with van der Waals surface area (Å²) >= 11 is 3.29. The van der Waals surface area contributed by atoms with Crippen LogP contribution in [-0.2, 0) is 9.53 Å². The first-order valence-corrected chi connectivity index (χ1v) is 6.72. The fraction of sp³-hybridized carbons (Fsp3) is 0.385. The number of rotatable bonds is 7. The van der Waals surface area contributed by atoms with Gasteiger partial charge in [-0.3, -0.25) is 9.59 Å². The highest BCUT2D eigenvalue weighted by Gasteiger charge is 2.07. The first kappa shape index (κ1) is 15.7. The molecule has 2 amide bonds. The molecule has 19 heavy (non-hydrogen) atoms. The van der Waals surface area contributed by atoms with Crippen molar-refractivity contribution in [2.45, 2.75) is 6.42 Å². The first-order chi connectivity index (χ1) is 9.13. The quantitative estimate of drug-likeness (QED) is 0.742. The van der Waals surface area contributed by atoms with E-state index in [4.69, 9.17) is 4.74 Å². The Bertz CT molecular complexity index is 420. The van der Waals surface area contributed by atoms with Crippen LogP contribution < -0.4 is 10.6 Å². The molecule has 1 aromatic carbocycles. The highest BCUT2D eigenvalue weighted by atomic mass is 79.9. The molecule has 1 aromatic rings. The molecule has 0 aliphatic carbocycles. The lowest BCUT2D eigenvalue weighted by Crippen LogP contribution is -2.37. The van der Waals surface area contributed by atoms with Gasteiger partial charge in [-0.05, 0) is 30.7 Å². The molecule has 2 N–H and O–H groups in total. The number of halogens is 1. The van der Waals surface area contributed by atoms with Crippen LogP contribution in [-0.4, -0.2) is 38.6 Å². The minimum atomic E-state index is -0.264. The van der Waals surface area contributed by atoms with E-state index in [9.17, 15) is 9.59 Å². The van der Waals surface area contributed by atoms with E-state index in [1.54, 1.807) is 31.4 Å². The summed E-state index contributed by atoms with van der Waals surface area (Å²) in [5.41, 5.74) is 0.524. The Morgan fingerprint density at radius 3 is 2.53 bits per heavy atom. The van der Waals surface area contributed by atoms with Gasteiger partial charge in [0.1, 0.15) is 0 Å². The molecule has 6 heteroatoms. The molecule has 0 aliphatic heterocycles. The van der Waals surface area contributed by atoms with Crippen molar-refractivity contribution in [3.05, 3.63) is 34.3 Å². The molecule has 0 unspecified atom stereocenters. The van der Waals surface area contributed by atoms with Crippen LogP contribution >= 0.6 is 15.9 Å². The van der Waals surface area contributed by atoms with E-state index in [1.165, 1.54) is 0 Å². The van der Waals surface area contributed by atoms with E-state index < -0.39 is 0 Å². The van der Waals surface area contributed by atoms with E-state index in [2.05, 4.69) is 26.6 Å². The van der Waals surface area contributed by atoms with Gasteiger partial charge < -0.3 is 15.4 Å².